The Balaban J connectivity index is 2.27. The summed E-state index contributed by atoms with van der Waals surface area (Å²) in [6.45, 7) is 3.79. The van der Waals surface area contributed by atoms with E-state index in [0.29, 0.717) is 29.7 Å². The van der Waals surface area contributed by atoms with Crippen LogP contribution in [0.3, 0.4) is 0 Å². The molecule has 114 valence electrons. The predicted octanol–water partition coefficient (Wildman–Crippen LogP) is 2.34. The van der Waals surface area contributed by atoms with Crippen molar-refractivity contribution in [2.45, 2.75) is 45.1 Å². The molecule has 5 nitrogen and oxygen atoms in total. The lowest BCUT2D eigenvalue weighted by atomic mass is 9.76. The zero-order valence-electron chi connectivity index (χ0n) is 12.5. The predicted molar refractivity (Wildman–Crippen MR) is 81.1 cm³/mol. The molecule has 1 fully saturated rings. The van der Waals surface area contributed by atoms with Gasteiger partial charge < -0.3 is 16.2 Å². The number of hydrogen-bond donors (Lipinski definition) is 3. The van der Waals surface area contributed by atoms with Gasteiger partial charge in [-0.2, -0.15) is 0 Å². The molecule has 1 aliphatic rings. The molecule has 2 atom stereocenters. The largest absolute Gasteiger partial charge is 0.480 e. The molecule has 0 aromatic heterocycles. The second-order valence-corrected chi connectivity index (χ2v) is 6.06. The number of rotatable bonds is 3. The van der Waals surface area contributed by atoms with Crippen LogP contribution in [0.15, 0.2) is 18.2 Å². The van der Waals surface area contributed by atoms with Gasteiger partial charge in [-0.05, 0) is 43.4 Å². The third-order valence-corrected chi connectivity index (χ3v) is 4.38. The van der Waals surface area contributed by atoms with Gasteiger partial charge >= 0.3 is 5.97 Å². The SMILES string of the molecule is Cc1c(N)cccc1C(=O)NC1(C(=O)O)CCCC(C)C1. The van der Waals surface area contributed by atoms with Gasteiger partial charge in [-0.1, -0.05) is 25.8 Å². The van der Waals surface area contributed by atoms with E-state index in [4.69, 9.17) is 5.73 Å². The van der Waals surface area contributed by atoms with E-state index in [9.17, 15) is 14.7 Å². The zero-order chi connectivity index (χ0) is 15.6. The van der Waals surface area contributed by atoms with Crippen LogP contribution in [0.4, 0.5) is 5.69 Å². The normalized spacial score (nSPS) is 25.3. The summed E-state index contributed by atoms with van der Waals surface area (Å²) in [5.74, 6) is -1.03. The number of carbonyl (C=O) groups excluding carboxylic acids is 1. The van der Waals surface area contributed by atoms with Crippen molar-refractivity contribution < 1.29 is 14.7 Å². The number of carbonyl (C=O) groups is 2. The maximum Gasteiger partial charge on any atom is 0.329 e. The topological polar surface area (TPSA) is 92.4 Å². The molecule has 1 saturated carbocycles. The molecule has 0 spiro atoms. The van der Waals surface area contributed by atoms with Gasteiger partial charge in [0.25, 0.3) is 5.91 Å². The second kappa shape index (κ2) is 5.76. The Kier molecular flexibility index (Phi) is 4.21. The summed E-state index contributed by atoms with van der Waals surface area (Å²) >= 11 is 0. The maximum absolute atomic E-state index is 12.5. The fourth-order valence-electron chi connectivity index (χ4n) is 3.10. The fourth-order valence-corrected chi connectivity index (χ4v) is 3.10. The third-order valence-electron chi connectivity index (χ3n) is 4.38. The van der Waals surface area contributed by atoms with Crippen molar-refractivity contribution in [3.8, 4) is 0 Å². The van der Waals surface area contributed by atoms with Crippen molar-refractivity contribution >= 4 is 17.6 Å². The van der Waals surface area contributed by atoms with Crippen LogP contribution in [0.2, 0.25) is 0 Å². The van der Waals surface area contributed by atoms with Crippen LogP contribution in [0.25, 0.3) is 0 Å². The zero-order valence-corrected chi connectivity index (χ0v) is 12.5. The fraction of sp³-hybridized carbons (Fsp3) is 0.500. The molecule has 1 aromatic rings. The van der Waals surface area contributed by atoms with Crippen LogP contribution in [-0.2, 0) is 4.79 Å². The molecule has 1 amide bonds. The van der Waals surface area contributed by atoms with Crippen LogP contribution in [0.5, 0.6) is 0 Å². The number of anilines is 1. The summed E-state index contributed by atoms with van der Waals surface area (Å²) in [6, 6.07) is 5.10. The second-order valence-electron chi connectivity index (χ2n) is 6.06. The lowest BCUT2D eigenvalue weighted by molar-refractivity contribution is -0.146. The van der Waals surface area contributed by atoms with Crippen molar-refractivity contribution in [2.24, 2.45) is 5.92 Å². The number of aliphatic carboxylic acids is 1. The molecule has 0 radical (unpaired) electrons. The molecule has 2 rings (SSSR count). The van der Waals surface area contributed by atoms with Gasteiger partial charge in [-0.3, -0.25) is 4.79 Å². The van der Waals surface area contributed by atoms with Crippen LogP contribution in [0.1, 0.15) is 48.5 Å². The molecule has 2 unspecified atom stereocenters. The Labute approximate surface area is 124 Å². The van der Waals surface area contributed by atoms with Crippen molar-refractivity contribution in [3.05, 3.63) is 29.3 Å². The number of hydrogen-bond acceptors (Lipinski definition) is 3. The van der Waals surface area contributed by atoms with E-state index < -0.39 is 11.5 Å². The van der Waals surface area contributed by atoms with Crippen LogP contribution in [-0.4, -0.2) is 22.5 Å². The molecule has 0 bridgehead atoms. The van der Waals surface area contributed by atoms with Gasteiger partial charge in [0.05, 0.1) is 0 Å². The van der Waals surface area contributed by atoms with Gasteiger partial charge in [0.15, 0.2) is 0 Å². The summed E-state index contributed by atoms with van der Waals surface area (Å²) in [7, 11) is 0. The molecule has 1 aromatic carbocycles. The summed E-state index contributed by atoms with van der Waals surface area (Å²) in [5, 5.41) is 12.3. The minimum absolute atomic E-state index is 0.289. The first kappa shape index (κ1) is 15.4. The molecule has 4 N–H and O–H groups in total. The molecule has 21 heavy (non-hydrogen) atoms. The van der Waals surface area contributed by atoms with Gasteiger partial charge in [0.1, 0.15) is 5.54 Å². The minimum atomic E-state index is -1.16. The maximum atomic E-state index is 12.5. The van der Waals surface area contributed by atoms with Crippen LogP contribution < -0.4 is 11.1 Å². The number of carboxylic acids is 1. The van der Waals surface area contributed by atoms with Gasteiger partial charge in [0, 0.05) is 11.3 Å². The van der Waals surface area contributed by atoms with E-state index in [0.717, 1.165) is 12.8 Å². The summed E-state index contributed by atoms with van der Waals surface area (Å²) < 4.78 is 0. The number of carboxylic acid groups (broad SMARTS) is 1. The van der Waals surface area contributed by atoms with E-state index in [1.165, 1.54) is 0 Å². The quantitative estimate of drug-likeness (QED) is 0.745. The molecular formula is C16H22N2O3. The average molecular weight is 290 g/mol. The van der Waals surface area contributed by atoms with Crippen LogP contribution >= 0.6 is 0 Å². The lowest BCUT2D eigenvalue weighted by Crippen LogP contribution is -2.56. The molecule has 0 saturated heterocycles. The van der Waals surface area contributed by atoms with Gasteiger partial charge in [0.2, 0.25) is 0 Å². The van der Waals surface area contributed by atoms with E-state index >= 15 is 0 Å². The van der Waals surface area contributed by atoms with E-state index in [1.807, 2.05) is 6.92 Å². The highest BCUT2D eigenvalue weighted by molar-refractivity contribution is 6.00. The Morgan fingerprint density at radius 1 is 1.43 bits per heavy atom. The van der Waals surface area contributed by atoms with E-state index in [1.54, 1.807) is 25.1 Å². The highest BCUT2D eigenvalue weighted by Crippen LogP contribution is 2.33. The standard InChI is InChI=1S/C16H22N2O3/c1-10-5-4-8-16(9-10,15(20)21)18-14(19)12-6-3-7-13(17)11(12)2/h3,6-7,10H,4-5,8-9,17H2,1-2H3,(H,18,19)(H,20,21). The van der Waals surface area contributed by atoms with Crippen molar-refractivity contribution in [3.63, 3.8) is 0 Å². The third kappa shape index (κ3) is 3.01. The molecule has 1 aliphatic carbocycles. The Morgan fingerprint density at radius 2 is 2.14 bits per heavy atom. The first-order valence-electron chi connectivity index (χ1n) is 7.27. The Hall–Kier alpha value is -2.04. The highest BCUT2D eigenvalue weighted by atomic mass is 16.4. The Morgan fingerprint density at radius 3 is 2.76 bits per heavy atom. The minimum Gasteiger partial charge on any atom is -0.480 e. The number of nitrogen functional groups attached to an aromatic ring is 1. The summed E-state index contributed by atoms with van der Waals surface area (Å²) in [5.41, 5.74) is 6.30. The van der Waals surface area contributed by atoms with Crippen molar-refractivity contribution in [1.82, 2.24) is 5.32 Å². The summed E-state index contributed by atoms with van der Waals surface area (Å²) in [4.78, 5) is 24.2. The average Bonchev–Trinajstić information content (AvgIpc) is 2.41. The monoisotopic (exact) mass is 290 g/mol. The van der Waals surface area contributed by atoms with Crippen molar-refractivity contribution in [1.29, 1.82) is 0 Å². The van der Waals surface area contributed by atoms with E-state index in [2.05, 4.69) is 5.32 Å². The first-order valence-corrected chi connectivity index (χ1v) is 7.27. The van der Waals surface area contributed by atoms with Gasteiger partial charge in [-0.15, -0.1) is 0 Å². The molecule has 5 heteroatoms. The smallest absolute Gasteiger partial charge is 0.329 e. The molecular weight excluding hydrogens is 268 g/mol. The molecule has 0 heterocycles. The van der Waals surface area contributed by atoms with Crippen molar-refractivity contribution in [2.75, 3.05) is 5.73 Å². The van der Waals surface area contributed by atoms with Gasteiger partial charge in [-0.25, -0.2) is 4.79 Å². The number of nitrogens with two attached hydrogens (primary N) is 1. The summed E-state index contributed by atoms with van der Waals surface area (Å²) in [6.07, 6.45) is 2.75. The number of nitrogens with one attached hydrogen (secondary N) is 1. The highest BCUT2D eigenvalue weighted by Gasteiger charge is 2.43. The van der Waals surface area contributed by atoms with E-state index in [-0.39, 0.29) is 11.8 Å². The Bertz CT molecular complexity index is 571. The van der Waals surface area contributed by atoms with Crippen LogP contribution in [0, 0.1) is 12.8 Å². The number of benzene rings is 1. The first-order chi connectivity index (χ1) is 9.85. The lowest BCUT2D eigenvalue weighted by Gasteiger charge is -2.37. The number of amides is 1. The molecule has 0 aliphatic heterocycles.